The molecule has 26 heavy (non-hydrogen) atoms. The maximum Gasteiger partial charge on any atom is 0.320 e. The molecule has 4 nitrogen and oxygen atoms in total. The van der Waals surface area contributed by atoms with E-state index in [1.54, 1.807) is 31.3 Å². The summed E-state index contributed by atoms with van der Waals surface area (Å²) in [6.07, 6.45) is 1.65. The van der Waals surface area contributed by atoms with Crippen LogP contribution in [0.1, 0.15) is 18.1 Å². The number of aromatic nitrogens is 1. The number of benzene rings is 2. The molecule has 0 radical (unpaired) electrons. The van der Waals surface area contributed by atoms with Crippen molar-refractivity contribution >= 4 is 16.9 Å². The minimum Gasteiger partial charge on any atom is -0.465 e. The van der Waals surface area contributed by atoms with Crippen LogP contribution in [0.3, 0.4) is 0 Å². The highest BCUT2D eigenvalue weighted by Gasteiger charge is 2.15. The minimum atomic E-state index is -0.295. The Balaban J connectivity index is 1.87. The first-order valence-electron chi connectivity index (χ1n) is 8.61. The molecule has 0 aliphatic carbocycles. The van der Waals surface area contributed by atoms with E-state index in [2.05, 4.69) is 4.98 Å². The first-order chi connectivity index (χ1) is 12.7. The monoisotopic (exact) mass is 352 g/mol. The van der Waals surface area contributed by atoms with Crippen molar-refractivity contribution in [2.24, 2.45) is 0 Å². The van der Waals surface area contributed by atoms with Gasteiger partial charge < -0.3 is 4.74 Å². The minimum absolute atomic E-state index is 0.161. The van der Waals surface area contributed by atoms with Crippen LogP contribution < -0.4 is 0 Å². The van der Waals surface area contributed by atoms with Gasteiger partial charge in [0, 0.05) is 24.7 Å². The second-order valence-electron chi connectivity index (χ2n) is 6.04. The number of carbonyl (C=O) groups excluding carboxylic acids is 1. The molecule has 5 heteroatoms. The molecular formula is C21H21FN2O2. The molecule has 0 N–H and O–H groups in total. The van der Waals surface area contributed by atoms with Crippen LogP contribution >= 0.6 is 0 Å². The summed E-state index contributed by atoms with van der Waals surface area (Å²) < 4.78 is 19.1. The molecular weight excluding hydrogens is 331 g/mol. The fourth-order valence-corrected chi connectivity index (χ4v) is 2.96. The Hall–Kier alpha value is -2.79. The number of rotatable bonds is 7. The molecule has 0 fully saturated rings. The Morgan fingerprint density at radius 1 is 1.08 bits per heavy atom. The average molecular weight is 352 g/mol. The average Bonchev–Trinajstić information content (AvgIpc) is 2.65. The third kappa shape index (κ3) is 4.43. The van der Waals surface area contributed by atoms with E-state index < -0.39 is 0 Å². The van der Waals surface area contributed by atoms with Gasteiger partial charge in [0.2, 0.25) is 0 Å². The summed E-state index contributed by atoms with van der Waals surface area (Å²) >= 11 is 0. The van der Waals surface area contributed by atoms with Gasteiger partial charge in [-0.2, -0.15) is 0 Å². The van der Waals surface area contributed by atoms with Crippen molar-refractivity contribution < 1.29 is 13.9 Å². The Kier molecular flexibility index (Phi) is 5.92. The van der Waals surface area contributed by atoms with Crippen molar-refractivity contribution in [2.75, 3.05) is 13.2 Å². The van der Waals surface area contributed by atoms with E-state index in [9.17, 15) is 9.18 Å². The summed E-state index contributed by atoms with van der Waals surface area (Å²) in [6, 6.07) is 16.5. The molecule has 0 bridgehead atoms. The predicted octanol–water partition coefficient (Wildman–Crippen LogP) is 3.94. The van der Waals surface area contributed by atoms with Crippen LogP contribution in [0, 0.1) is 5.82 Å². The van der Waals surface area contributed by atoms with E-state index in [4.69, 9.17) is 4.74 Å². The molecule has 0 aliphatic heterocycles. The largest absolute Gasteiger partial charge is 0.465 e. The van der Waals surface area contributed by atoms with E-state index in [1.165, 1.54) is 6.07 Å². The third-order valence-electron chi connectivity index (χ3n) is 4.10. The summed E-state index contributed by atoms with van der Waals surface area (Å²) in [5.74, 6) is -0.570. The number of pyridine rings is 1. The molecule has 0 saturated carbocycles. The van der Waals surface area contributed by atoms with Gasteiger partial charge in [-0.25, -0.2) is 4.39 Å². The Morgan fingerprint density at radius 2 is 1.88 bits per heavy atom. The predicted molar refractivity (Wildman–Crippen MR) is 98.9 cm³/mol. The highest BCUT2D eigenvalue weighted by molar-refractivity contribution is 5.82. The van der Waals surface area contributed by atoms with Gasteiger partial charge in [0.25, 0.3) is 0 Å². The molecule has 0 aliphatic rings. The normalized spacial score (nSPS) is 11.0. The van der Waals surface area contributed by atoms with E-state index in [-0.39, 0.29) is 18.3 Å². The van der Waals surface area contributed by atoms with Crippen molar-refractivity contribution in [2.45, 2.75) is 20.0 Å². The van der Waals surface area contributed by atoms with Crippen molar-refractivity contribution in [3.63, 3.8) is 0 Å². The zero-order valence-corrected chi connectivity index (χ0v) is 14.7. The Morgan fingerprint density at radius 3 is 2.65 bits per heavy atom. The maximum atomic E-state index is 14.0. The van der Waals surface area contributed by atoms with Gasteiger partial charge in [-0.05, 0) is 36.2 Å². The number of halogens is 1. The topological polar surface area (TPSA) is 42.4 Å². The number of hydrogen-bond donors (Lipinski definition) is 0. The second-order valence-corrected chi connectivity index (χ2v) is 6.04. The van der Waals surface area contributed by atoms with Crippen molar-refractivity contribution in [1.82, 2.24) is 9.88 Å². The van der Waals surface area contributed by atoms with Crippen LogP contribution in [0.4, 0.5) is 4.39 Å². The van der Waals surface area contributed by atoms with Crippen LogP contribution in [0.2, 0.25) is 0 Å². The van der Waals surface area contributed by atoms with E-state index in [1.807, 2.05) is 35.2 Å². The lowest BCUT2D eigenvalue weighted by atomic mass is 10.1. The summed E-state index contributed by atoms with van der Waals surface area (Å²) in [4.78, 5) is 18.3. The van der Waals surface area contributed by atoms with Crippen LogP contribution in [-0.2, 0) is 22.6 Å². The van der Waals surface area contributed by atoms with Gasteiger partial charge in [-0.1, -0.05) is 36.4 Å². The van der Waals surface area contributed by atoms with Gasteiger partial charge in [-0.15, -0.1) is 0 Å². The van der Waals surface area contributed by atoms with Gasteiger partial charge in [0.05, 0.1) is 18.7 Å². The highest BCUT2D eigenvalue weighted by atomic mass is 19.1. The molecule has 3 aromatic rings. The molecule has 2 aromatic carbocycles. The van der Waals surface area contributed by atoms with Gasteiger partial charge >= 0.3 is 5.97 Å². The number of hydrogen-bond acceptors (Lipinski definition) is 4. The first-order valence-corrected chi connectivity index (χ1v) is 8.61. The number of carbonyl (C=O) groups is 1. The summed E-state index contributed by atoms with van der Waals surface area (Å²) in [5.41, 5.74) is 2.59. The fraction of sp³-hybridized carbons (Fsp3) is 0.238. The molecule has 0 atom stereocenters. The van der Waals surface area contributed by atoms with Gasteiger partial charge in [-0.3, -0.25) is 14.7 Å². The third-order valence-corrected chi connectivity index (χ3v) is 4.10. The molecule has 0 unspecified atom stereocenters. The fourth-order valence-electron chi connectivity index (χ4n) is 2.96. The Bertz CT molecular complexity index is 884. The quantitative estimate of drug-likeness (QED) is 0.604. The summed E-state index contributed by atoms with van der Waals surface area (Å²) in [5, 5.41) is 0.487. The number of nitrogens with zero attached hydrogens (tertiary/aromatic N) is 2. The zero-order chi connectivity index (χ0) is 18.4. The lowest BCUT2D eigenvalue weighted by Crippen LogP contribution is -2.30. The molecule has 0 saturated heterocycles. The summed E-state index contributed by atoms with van der Waals surface area (Å²) in [7, 11) is 0. The van der Waals surface area contributed by atoms with E-state index >= 15 is 0 Å². The van der Waals surface area contributed by atoms with Gasteiger partial charge in [0.15, 0.2) is 0 Å². The van der Waals surface area contributed by atoms with Crippen LogP contribution in [-0.4, -0.2) is 29.0 Å². The van der Waals surface area contributed by atoms with Crippen molar-refractivity contribution in [3.05, 3.63) is 77.7 Å². The lowest BCUT2D eigenvalue weighted by molar-refractivity contribution is -0.144. The van der Waals surface area contributed by atoms with Crippen molar-refractivity contribution in [3.8, 4) is 0 Å². The number of ether oxygens (including phenoxy) is 1. The molecule has 1 aromatic heterocycles. The van der Waals surface area contributed by atoms with E-state index in [0.717, 1.165) is 11.1 Å². The molecule has 134 valence electrons. The molecule has 0 amide bonds. The number of fused-ring (bicyclic) bond motifs is 1. The van der Waals surface area contributed by atoms with E-state index in [0.29, 0.717) is 30.6 Å². The SMILES string of the molecule is CCOC(=O)CN(Cc1ccccc1)Cc1ccc(F)c2cccnc12. The molecule has 0 spiro atoms. The second kappa shape index (κ2) is 8.54. The molecule has 3 rings (SSSR count). The van der Waals surface area contributed by atoms with Gasteiger partial charge in [0.1, 0.15) is 5.82 Å². The smallest absolute Gasteiger partial charge is 0.320 e. The standard InChI is InChI=1S/C21H21FN2O2/c1-2-26-20(25)15-24(13-16-7-4-3-5-8-16)14-17-10-11-19(22)18-9-6-12-23-21(17)18/h3-12H,2,13-15H2,1H3. The maximum absolute atomic E-state index is 14.0. The van der Waals surface area contributed by atoms with Crippen LogP contribution in [0.25, 0.3) is 10.9 Å². The molecule has 1 heterocycles. The highest BCUT2D eigenvalue weighted by Crippen LogP contribution is 2.21. The first kappa shape index (κ1) is 18.0. The van der Waals surface area contributed by atoms with Crippen molar-refractivity contribution in [1.29, 1.82) is 0 Å². The Labute approximate surface area is 152 Å². The zero-order valence-electron chi connectivity index (χ0n) is 14.7. The number of esters is 1. The van der Waals surface area contributed by atoms with Crippen LogP contribution in [0.5, 0.6) is 0 Å². The summed E-state index contributed by atoms with van der Waals surface area (Å²) in [6.45, 7) is 3.36. The lowest BCUT2D eigenvalue weighted by Gasteiger charge is -2.22. The van der Waals surface area contributed by atoms with Crippen LogP contribution in [0.15, 0.2) is 60.8 Å².